The summed E-state index contributed by atoms with van der Waals surface area (Å²) in [6.07, 6.45) is -0.341. The van der Waals surface area contributed by atoms with Crippen molar-refractivity contribution in [3.63, 3.8) is 0 Å². The van der Waals surface area contributed by atoms with Gasteiger partial charge in [0.1, 0.15) is 5.54 Å². The van der Waals surface area contributed by atoms with Crippen molar-refractivity contribution in [3.05, 3.63) is 65.7 Å². The third-order valence-electron chi connectivity index (χ3n) is 4.75. The average molecular weight is 410 g/mol. The molecule has 30 heavy (non-hydrogen) atoms. The standard InChI is InChI=1S/C21H22N4O5/c1-3-21(15-10-6-5-7-11-15)18(27)25(19(28)23-21)24-17(26)14-9-8-12-16(13-14)22-20(29)30-4-2/h5-13H,3-4H2,1-2H3,(H,22,29)(H,23,28)(H,24,26)/t21-/m1/s1. The Balaban J connectivity index is 1.78. The zero-order valence-electron chi connectivity index (χ0n) is 16.6. The summed E-state index contributed by atoms with van der Waals surface area (Å²) in [5.74, 6) is -1.25. The molecule has 2 aromatic rings. The van der Waals surface area contributed by atoms with E-state index in [-0.39, 0.29) is 12.2 Å². The highest BCUT2D eigenvalue weighted by atomic mass is 16.5. The van der Waals surface area contributed by atoms with Crippen LogP contribution in [0.4, 0.5) is 15.3 Å². The van der Waals surface area contributed by atoms with Crippen LogP contribution in [-0.4, -0.2) is 35.6 Å². The van der Waals surface area contributed by atoms with Crippen LogP contribution in [0.15, 0.2) is 54.6 Å². The maximum atomic E-state index is 13.1. The van der Waals surface area contributed by atoms with E-state index < -0.39 is 29.5 Å². The predicted octanol–water partition coefficient (Wildman–Crippen LogP) is 2.76. The number of imide groups is 1. The SMILES string of the molecule is CCOC(=O)Nc1cccc(C(=O)NN2C(=O)N[C@](CC)(c3ccccc3)C2=O)c1. The van der Waals surface area contributed by atoms with Gasteiger partial charge in [-0.15, -0.1) is 0 Å². The van der Waals surface area contributed by atoms with Crippen LogP contribution in [0.25, 0.3) is 0 Å². The molecular weight excluding hydrogens is 388 g/mol. The number of carbonyl (C=O) groups is 4. The third-order valence-corrected chi connectivity index (χ3v) is 4.75. The molecular formula is C21H22N4O5. The van der Waals surface area contributed by atoms with Gasteiger partial charge in [-0.25, -0.2) is 9.59 Å². The van der Waals surface area contributed by atoms with Crippen LogP contribution in [0, 0.1) is 0 Å². The Kier molecular flexibility index (Phi) is 6.01. The van der Waals surface area contributed by atoms with Gasteiger partial charge < -0.3 is 10.1 Å². The average Bonchev–Trinajstić information content (AvgIpc) is 2.99. The van der Waals surface area contributed by atoms with E-state index in [4.69, 9.17) is 4.74 Å². The summed E-state index contributed by atoms with van der Waals surface area (Å²) in [5.41, 5.74) is 2.21. The lowest BCUT2D eigenvalue weighted by molar-refractivity contribution is -0.133. The Morgan fingerprint density at radius 3 is 2.47 bits per heavy atom. The lowest BCUT2D eigenvalue weighted by Crippen LogP contribution is -2.48. The first-order chi connectivity index (χ1) is 14.4. The normalized spacial score (nSPS) is 18.0. The quantitative estimate of drug-likeness (QED) is 0.633. The molecule has 0 radical (unpaired) electrons. The maximum absolute atomic E-state index is 13.1. The molecule has 3 N–H and O–H groups in total. The van der Waals surface area contributed by atoms with Gasteiger partial charge in [-0.1, -0.05) is 43.3 Å². The van der Waals surface area contributed by atoms with Crippen LogP contribution in [0.1, 0.15) is 36.2 Å². The highest BCUT2D eigenvalue weighted by Gasteiger charge is 2.52. The minimum atomic E-state index is -1.25. The van der Waals surface area contributed by atoms with Gasteiger partial charge in [0.15, 0.2) is 0 Å². The molecule has 0 aromatic heterocycles. The zero-order chi connectivity index (χ0) is 21.7. The number of rotatable bonds is 6. The van der Waals surface area contributed by atoms with E-state index in [1.54, 1.807) is 50.2 Å². The van der Waals surface area contributed by atoms with E-state index in [0.29, 0.717) is 22.7 Å². The number of ether oxygens (including phenoxy) is 1. The Morgan fingerprint density at radius 2 is 1.80 bits per heavy atom. The second kappa shape index (κ2) is 8.64. The summed E-state index contributed by atoms with van der Waals surface area (Å²) < 4.78 is 4.80. The number of amides is 5. The predicted molar refractivity (Wildman–Crippen MR) is 108 cm³/mol. The van der Waals surface area contributed by atoms with Crippen LogP contribution >= 0.6 is 0 Å². The molecule has 1 aliphatic rings. The van der Waals surface area contributed by atoms with Crippen molar-refractivity contribution in [2.45, 2.75) is 25.8 Å². The monoisotopic (exact) mass is 410 g/mol. The van der Waals surface area contributed by atoms with E-state index in [1.807, 2.05) is 6.07 Å². The fourth-order valence-electron chi connectivity index (χ4n) is 3.23. The summed E-state index contributed by atoms with van der Waals surface area (Å²) in [6.45, 7) is 3.66. The Hall–Kier alpha value is -3.88. The molecule has 0 unspecified atom stereocenters. The number of benzene rings is 2. The fraction of sp³-hybridized carbons (Fsp3) is 0.238. The van der Waals surface area contributed by atoms with Crippen LogP contribution in [-0.2, 0) is 15.1 Å². The number of carbonyl (C=O) groups excluding carboxylic acids is 4. The molecule has 0 bridgehead atoms. The summed E-state index contributed by atoms with van der Waals surface area (Å²) >= 11 is 0. The second-order valence-electron chi connectivity index (χ2n) is 6.56. The molecule has 1 saturated heterocycles. The van der Waals surface area contributed by atoms with E-state index in [2.05, 4.69) is 16.1 Å². The Labute approximate surface area is 173 Å². The topological polar surface area (TPSA) is 117 Å². The molecule has 3 rings (SSSR count). The molecule has 0 aliphatic carbocycles. The molecule has 2 aromatic carbocycles. The fourth-order valence-corrected chi connectivity index (χ4v) is 3.23. The Bertz CT molecular complexity index is 978. The van der Waals surface area contributed by atoms with Crippen LogP contribution < -0.4 is 16.1 Å². The van der Waals surface area contributed by atoms with Crippen molar-refractivity contribution in [2.75, 3.05) is 11.9 Å². The van der Waals surface area contributed by atoms with Gasteiger partial charge in [-0.05, 0) is 37.1 Å². The number of anilines is 1. The van der Waals surface area contributed by atoms with Gasteiger partial charge in [-0.3, -0.25) is 20.3 Å². The highest BCUT2D eigenvalue weighted by Crippen LogP contribution is 2.31. The molecule has 5 amide bonds. The smallest absolute Gasteiger partial charge is 0.411 e. The minimum absolute atomic E-state index is 0.151. The number of hydrogen-bond acceptors (Lipinski definition) is 5. The maximum Gasteiger partial charge on any atom is 0.411 e. The van der Waals surface area contributed by atoms with Crippen molar-refractivity contribution in [3.8, 4) is 0 Å². The van der Waals surface area contributed by atoms with Crippen molar-refractivity contribution in [2.24, 2.45) is 0 Å². The van der Waals surface area contributed by atoms with Crippen molar-refractivity contribution in [1.82, 2.24) is 15.8 Å². The van der Waals surface area contributed by atoms with Crippen LogP contribution in [0.5, 0.6) is 0 Å². The summed E-state index contributed by atoms with van der Waals surface area (Å²) in [4.78, 5) is 49.8. The summed E-state index contributed by atoms with van der Waals surface area (Å²) in [5, 5.41) is 5.87. The summed E-state index contributed by atoms with van der Waals surface area (Å²) in [6, 6.07) is 14.2. The second-order valence-corrected chi connectivity index (χ2v) is 6.56. The number of hydrogen-bond donors (Lipinski definition) is 3. The van der Waals surface area contributed by atoms with E-state index in [9.17, 15) is 19.2 Å². The largest absolute Gasteiger partial charge is 0.450 e. The number of nitrogens with zero attached hydrogens (tertiary/aromatic N) is 1. The Morgan fingerprint density at radius 1 is 1.07 bits per heavy atom. The van der Waals surface area contributed by atoms with Crippen molar-refractivity contribution < 1.29 is 23.9 Å². The van der Waals surface area contributed by atoms with E-state index in [0.717, 1.165) is 0 Å². The van der Waals surface area contributed by atoms with Gasteiger partial charge in [0.05, 0.1) is 6.61 Å². The summed E-state index contributed by atoms with van der Waals surface area (Å²) in [7, 11) is 0. The van der Waals surface area contributed by atoms with E-state index >= 15 is 0 Å². The molecule has 1 heterocycles. The van der Waals surface area contributed by atoms with Crippen LogP contribution in [0.3, 0.4) is 0 Å². The molecule has 9 nitrogen and oxygen atoms in total. The number of nitrogens with one attached hydrogen (secondary N) is 3. The lowest BCUT2D eigenvalue weighted by Gasteiger charge is -2.25. The zero-order valence-corrected chi connectivity index (χ0v) is 16.6. The number of hydrazine groups is 1. The molecule has 0 saturated carbocycles. The van der Waals surface area contributed by atoms with Crippen molar-refractivity contribution >= 4 is 29.6 Å². The minimum Gasteiger partial charge on any atom is -0.450 e. The first kappa shape index (κ1) is 20.8. The lowest BCUT2D eigenvalue weighted by atomic mass is 9.87. The van der Waals surface area contributed by atoms with Gasteiger partial charge in [0.2, 0.25) is 0 Å². The molecule has 0 spiro atoms. The molecule has 1 atom stereocenters. The van der Waals surface area contributed by atoms with Gasteiger partial charge >= 0.3 is 12.1 Å². The van der Waals surface area contributed by atoms with Gasteiger partial charge in [-0.2, -0.15) is 5.01 Å². The highest BCUT2D eigenvalue weighted by molar-refractivity contribution is 6.09. The molecule has 156 valence electrons. The van der Waals surface area contributed by atoms with Crippen LogP contribution in [0.2, 0.25) is 0 Å². The van der Waals surface area contributed by atoms with Gasteiger partial charge in [0, 0.05) is 11.3 Å². The van der Waals surface area contributed by atoms with E-state index in [1.165, 1.54) is 12.1 Å². The first-order valence-corrected chi connectivity index (χ1v) is 9.48. The third kappa shape index (κ3) is 3.95. The number of urea groups is 1. The van der Waals surface area contributed by atoms with Gasteiger partial charge in [0.25, 0.3) is 11.8 Å². The molecule has 9 heteroatoms. The molecule has 1 fully saturated rings. The molecule has 1 aliphatic heterocycles. The first-order valence-electron chi connectivity index (χ1n) is 9.48. The van der Waals surface area contributed by atoms with Crippen molar-refractivity contribution in [1.29, 1.82) is 0 Å².